The second kappa shape index (κ2) is 43.0. The second-order valence-electron chi connectivity index (χ2n) is 24.5. The lowest BCUT2D eigenvalue weighted by Gasteiger charge is -2.28. The van der Waals surface area contributed by atoms with Crippen LogP contribution in [0.3, 0.4) is 0 Å². The van der Waals surface area contributed by atoms with E-state index in [2.05, 4.69) is 125 Å². The standard InChI is InChI=1S/C72H112Br2N2O2S4/c1-7-11-15-19-23-27-29-33-36-40-44-57(43-39-35-31-25-21-17-13-9-3)54-75(5)63-51-61-64(50-60(63)62(56-77)66-52-67-68(81-66)53-70(74)82-67)76(72(78)71(61)65-48-47-59(80-65)49-69(73)79-6)55-58(45-41-37-32-26-22-18-14-10-4)46-42-38-34-30-28-24-20-16-12-8-2/h47-53,56-58H,7-46,54-55H2,1-6H3/b62-60+,69-49-. The molecule has 1 aliphatic rings. The summed E-state index contributed by atoms with van der Waals surface area (Å²) < 4.78 is 4.58. The SMILES string of the molecule is CCCCCCCCCCCCC(CCCCCCCCCC)CN(C)c1cc2c(c/c1=C(/C=O)c1cc3sc(Br)cc3s1)N(CC(CCCCCCCCCC)CCCCCCCCCCCC)C(=O)C=2c1ccc(/C=C(/Br)SC)s1. The minimum atomic E-state index is 0.119. The zero-order valence-electron chi connectivity index (χ0n) is 52.6. The number of carbonyl (C=O) groups excluding carboxylic acids is 2. The summed E-state index contributed by atoms with van der Waals surface area (Å²) in [4.78, 5) is 37.5. The number of benzene rings is 1. The summed E-state index contributed by atoms with van der Waals surface area (Å²) in [6.45, 7) is 10.9. The van der Waals surface area contributed by atoms with Crippen molar-refractivity contribution in [3.8, 4) is 0 Å². The van der Waals surface area contributed by atoms with Crippen molar-refractivity contribution in [2.75, 3.05) is 36.2 Å². The molecule has 3 aromatic heterocycles. The van der Waals surface area contributed by atoms with Crippen LogP contribution in [-0.2, 0) is 9.59 Å². The number of carbonyl (C=O) groups is 2. The first-order chi connectivity index (χ1) is 40.1. The molecular formula is C72H112Br2N2O2S4. The predicted molar refractivity (Wildman–Crippen MR) is 379 cm³/mol. The van der Waals surface area contributed by atoms with Crippen LogP contribution in [0.15, 0.2) is 44.0 Å². The molecule has 0 spiro atoms. The lowest BCUT2D eigenvalue weighted by atomic mass is 9.93. The molecule has 0 fully saturated rings. The van der Waals surface area contributed by atoms with Crippen molar-refractivity contribution in [2.45, 2.75) is 285 Å². The fourth-order valence-corrected chi connectivity index (χ4v) is 17.4. The highest BCUT2D eigenvalue weighted by Crippen LogP contribution is 2.39. The molecule has 460 valence electrons. The zero-order chi connectivity index (χ0) is 58.6. The van der Waals surface area contributed by atoms with E-state index >= 15 is 4.79 Å². The van der Waals surface area contributed by atoms with Crippen LogP contribution in [0.2, 0.25) is 0 Å². The molecule has 1 amide bonds. The lowest BCUT2D eigenvalue weighted by molar-refractivity contribution is -0.113. The van der Waals surface area contributed by atoms with Crippen molar-refractivity contribution in [3.05, 3.63) is 69.1 Å². The average molecular weight is 1330 g/mol. The first-order valence-corrected chi connectivity index (χ1v) is 39.0. The van der Waals surface area contributed by atoms with Gasteiger partial charge in [0.2, 0.25) is 0 Å². The van der Waals surface area contributed by atoms with Gasteiger partial charge in [0.25, 0.3) is 5.91 Å². The summed E-state index contributed by atoms with van der Waals surface area (Å²) in [5.74, 6) is 1.08. The van der Waals surface area contributed by atoms with Gasteiger partial charge in [0.15, 0.2) is 6.29 Å². The monoisotopic (exact) mass is 1320 g/mol. The minimum Gasteiger partial charge on any atom is -0.374 e. The van der Waals surface area contributed by atoms with Gasteiger partial charge in [-0.3, -0.25) is 9.59 Å². The van der Waals surface area contributed by atoms with Crippen LogP contribution in [-0.4, -0.2) is 38.6 Å². The largest absolute Gasteiger partial charge is 0.374 e. The molecule has 2 atom stereocenters. The van der Waals surface area contributed by atoms with Gasteiger partial charge in [0.05, 0.1) is 18.9 Å². The first-order valence-electron chi connectivity index (χ1n) is 33.8. The van der Waals surface area contributed by atoms with Crippen molar-refractivity contribution >= 4 is 128 Å². The molecule has 0 saturated heterocycles. The van der Waals surface area contributed by atoms with Gasteiger partial charge in [-0.2, -0.15) is 0 Å². The molecule has 2 unspecified atom stereocenters. The number of unbranched alkanes of at least 4 members (excludes halogenated alkanes) is 32. The Bertz CT molecular complexity index is 2510. The van der Waals surface area contributed by atoms with Crippen LogP contribution < -0.4 is 20.2 Å². The topological polar surface area (TPSA) is 40.6 Å². The summed E-state index contributed by atoms with van der Waals surface area (Å²) in [6, 6.07) is 13.4. The van der Waals surface area contributed by atoms with E-state index in [9.17, 15) is 4.79 Å². The van der Waals surface area contributed by atoms with E-state index in [1.165, 1.54) is 253 Å². The molecule has 0 N–H and O–H groups in total. The number of halogens is 2. The third kappa shape index (κ3) is 25.6. The van der Waals surface area contributed by atoms with E-state index in [1.807, 2.05) is 0 Å². The molecule has 1 aromatic carbocycles. The summed E-state index contributed by atoms with van der Waals surface area (Å²) in [6.07, 6.45) is 58.1. The normalized spacial score (nSPS) is 14.0. The van der Waals surface area contributed by atoms with E-state index in [1.54, 1.807) is 45.8 Å². The molecule has 0 bridgehead atoms. The van der Waals surface area contributed by atoms with Gasteiger partial charge in [0, 0.05) is 65.9 Å². The first kappa shape index (κ1) is 71.1. The third-order valence-corrected chi connectivity index (χ3v) is 23.1. The highest BCUT2D eigenvalue weighted by molar-refractivity contribution is 9.14. The number of fused-ring (bicyclic) bond motifs is 2. The Labute approximate surface area is 534 Å². The number of rotatable bonds is 50. The van der Waals surface area contributed by atoms with E-state index in [0.29, 0.717) is 18.4 Å². The van der Waals surface area contributed by atoms with Crippen LogP contribution in [0, 0.1) is 11.8 Å². The number of nitrogens with zero attached hydrogens (tertiary/aromatic N) is 2. The van der Waals surface area contributed by atoms with Crippen molar-refractivity contribution in [1.29, 1.82) is 0 Å². The average Bonchev–Trinajstić information content (AvgIpc) is 4.45. The molecule has 4 aromatic rings. The Morgan fingerprint density at radius 3 is 1.45 bits per heavy atom. The fourth-order valence-electron chi connectivity index (χ4n) is 12.6. The van der Waals surface area contributed by atoms with E-state index in [0.717, 1.165) is 80.9 Å². The molecule has 0 saturated carbocycles. The summed E-state index contributed by atoms with van der Waals surface area (Å²) in [5.41, 5.74) is 3.60. The Balaban J connectivity index is 1.54. The van der Waals surface area contributed by atoms with Crippen molar-refractivity contribution < 1.29 is 9.59 Å². The van der Waals surface area contributed by atoms with Crippen molar-refractivity contribution in [1.82, 2.24) is 0 Å². The third-order valence-electron chi connectivity index (χ3n) is 17.6. The Kier molecular flexibility index (Phi) is 37.3. The number of thiophene rings is 3. The van der Waals surface area contributed by atoms with E-state index < -0.39 is 0 Å². The van der Waals surface area contributed by atoms with Gasteiger partial charge < -0.3 is 9.80 Å². The van der Waals surface area contributed by atoms with Gasteiger partial charge >= 0.3 is 0 Å². The maximum atomic E-state index is 15.7. The quantitative estimate of drug-likeness (QED) is 0.0326. The smallest absolute Gasteiger partial charge is 0.260 e. The maximum absolute atomic E-state index is 15.7. The molecule has 5 rings (SSSR count). The molecular weight excluding hydrogens is 1210 g/mol. The Morgan fingerprint density at radius 1 is 0.573 bits per heavy atom. The fraction of sp³-hybridized carbons (Fsp3) is 0.694. The summed E-state index contributed by atoms with van der Waals surface area (Å²) >= 11 is 14.4. The van der Waals surface area contributed by atoms with E-state index in [-0.39, 0.29) is 5.91 Å². The number of hydrogen-bond donors (Lipinski definition) is 0. The van der Waals surface area contributed by atoms with Gasteiger partial charge in [0.1, 0.15) is 0 Å². The van der Waals surface area contributed by atoms with Crippen LogP contribution in [0.5, 0.6) is 0 Å². The number of thioether (sulfide) groups is 1. The van der Waals surface area contributed by atoms with Gasteiger partial charge in [-0.15, -0.1) is 45.8 Å². The van der Waals surface area contributed by atoms with Gasteiger partial charge in [-0.25, -0.2) is 0 Å². The molecule has 10 heteroatoms. The highest BCUT2D eigenvalue weighted by atomic mass is 79.9. The molecule has 1 aliphatic heterocycles. The van der Waals surface area contributed by atoms with E-state index in [4.69, 9.17) is 0 Å². The number of hydrogen-bond acceptors (Lipinski definition) is 7. The maximum Gasteiger partial charge on any atom is 0.260 e. The highest BCUT2D eigenvalue weighted by Gasteiger charge is 2.34. The molecule has 82 heavy (non-hydrogen) atoms. The van der Waals surface area contributed by atoms with Crippen molar-refractivity contribution in [2.24, 2.45) is 11.8 Å². The second-order valence-corrected chi connectivity index (χ2v) is 31.4. The Hall–Kier alpha value is -1.69. The van der Waals surface area contributed by atoms with Gasteiger partial charge in [-0.05, 0) is 118 Å². The van der Waals surface area contributed by atoms with Gasteiger partial charge in [-0.1, -0.05) is 259 Å². The van der Waals surface area contributed by atoms with Crippen LogP contribution in [0.25, 0.3) is 26.6 Å². The number of amides is 1. The summed E-state index contributed by atoms with van der Waals surface area (Å²) in [5, 5.41) is 1.98. The lowest BCUT2D eigenvalue weighted by Crippen LogP contribution is -2.35. The predicted octanol–water partition coefficient (Wildman–Crippen LogP) is 24.1. The zero-order valence-corrected chi connectivity index (χ0v) is 59.0. The van der Waals surface area contributed by atoms with Crippen LogP contribution in [0.1, 0.15) is 299 Å². The summed E-state index contributed by atoms with van der Waals surface area (Å²) in [7, 11) is 2.28. The molecule has 4 nitrogen and oxygen atoms in total. The van der Waals surface area contributed by atoms with Crippen LogP contribution >= 0.6 is 77.6 Å². The number of aldehydes is 1. The molecule has 0 aliphatic carbocycles. The van der Waals surface area contributed by atoms with Crippen LogP contribution in [0.4, 0.5) is 11.4 Å². The Morgan fingerprint density at radius 2 is 1.01 bits per heavy atom. The number of anilines is 2. The minimum absolute atomic E-state index is 0.119. The molecule has 0 radical (unpaired) electrons. The van der Waals surface area contributed by atoms with Crippen molar-refractivity contribution in [3.63, 3.8) is 0 Å². The molecule has 4 heterocycles.